The van der Waals surface area contributed by atoms with E-state index < -0.39 is 17.7 Å². The molecule has 182 valence electrons. The molecule has 8 heteroatoms. The Morgan fingerprint density at radius 1 is 1.12 bits per heavy atom. The summed E-state index contributed by atoms with van der Waals surface area (Å²) in [5.41, 5.74) is 1.06. The van der Waals surface area contributed by atoms with Crippen molar-refractivity contribution < 1.29 is 24.2 Å². The standard InChI is InChI=1S/C26H31ClN2O5/c1-5-14-34-19-9-7-8-17(15-19)23-22(25(31)26(32)29(23)13-12-28(3)4)24(30)18-10-11-20(27)21(16-18)33-6-2/h7-11,15-16,23,30H,5-6,12-14H2,1-4H3/b24-22-. The Hall–Kier alpha value is -3.03. The van der Waals surface area contributed by atoms with E-state index >= 15 is 0 Å². The number of hydrogen-bond donors (Lipinski definition) is 1. The first-order chi connectivity index (χ1) is 16.3. The smallest absolute Gasteiger partial charge is 0.295 e. The van der Waals surface area contributed by atoms with Crippen molar-refractivity contribution in [2.45, 2.75) is 26.3 Å². The maximum absolute atomic E-state index is 13.2. The monoisotopic (exact) mass is 486 g/mol. The minimum Gasteiger partial charge on any atom is -0.507 e. The third kappa shape index (κ3) is 5.54. The molecule has 1 aliphatic rings. The fraction of sp³-hybridized carbons (Fsp3) is 0.385. The Balaban J connectivity index is 2.14. The van der Waals surface area contributed by atoms with Crippen molar-refractivity contribution in [3.05, 3.63) is 64.2 Å². The zero-order valence-electron chi connectivity index (χ0n) is 20.0. The summed E-state index contributed by atoms with van der Waals surface area (Å²) >= 11 is 6.20. The lowest BCUT2D eigenvalue weighted by atomic mass is 9.95. The Bertz CT molecular complexity index is 1080. The molecule has 1 amide bonds. The van der Waals surface area contributed by atoms with Crippen LogP contribution in [0.3, 0.4) is 0 Å². The molecule has 1 atom stereocenters. The van der Waals surface area contributed by atoms with E-state index in [2.05, 4.69) is 0 Å². The molecule has 0 aromatic heterocycles. The molecule has 1 saturated heterocycles. The van der Waals surface area contributed by atoms with Gasteiger partial charge in [0.2, 0.25) is 0 Å². The Labute approximate surface area is 205 Å². The van der Waals surface area contributed by atoms with E-state index in [0.29, 0.717) is 54.0 Å². The lowest BCUT2D eigenvalue weighted by molar-refractivity contribution is -0.140. The van der Waals surface area contributed by atoms with Gasteiger partial charge in [-0.2, -0.15) is 0 Å². The molecule has 0 bridgehead atoms. The van der Waals surface area contributed by atoms with Gasteiger partial charge >= 0.3 is 0 Å². The van der Waals surface area contributed by atoms with Crippen LogP contribution in [0.15, 0.2) is 48.0 Å². The molecule has 34 heavy (non-hydrogen) atoms. The molecule has 0 saturated carbocycles. The predicted molar refractivity (Wildman–Crippen MR) is 132 cm³/mol. The third-order valence-corrected chi connectivity index (χ3v) is 5.79. The highest BCUT2D eigenvalue weighted by atomic mass is 35.5. The summed E-state index contributed by atoms with van der Waals surface area (Å²) in [7, 11) is 3.79. The molecule has 1 aliphatic heterocycles. The topological polar surface area (TPSA) is 79.3 Å². The molecule has 3 rings (SSSR count). The van der Waals surface area contributed by atoms with Gasteiger partial charge in [0.1, 0.15) is 17.3 Å². The fourth-order valence-electron chi connectivity index (χ4n) is 3.83. The molecule has 1 heterocycles. The first-order valence-corrected chi connectivity index (χ1v) is 11.7. The van der Waals surface area contributed by atoms with Crippen LogP contribution in [-0.2, 0) is 9.59 Å². The van der Waals surface area contributed by atoms with E-state index in [1.165, 1.54) is 4.90 Å². The number of ether oxygens (including phenoxy) is 2. The number of carbonyl (C=O) groups excluding carboxylic acids is 2. The van der Waals surface area contributed by atoms with Gasteiger partial charge in [0.05, 0.1) is 29.9 Å². The molecule has 0 spiro atoms. The lowest BCUT2D eigenvalue weighted by Gasteiger charge is -2.27. The summed E-state index contributed by atoms with van der Waals surface area (Å²) in [6, 6.07) is 11.3. The average molecular weight is 487 g/mol. The highest BCUT2D eigenvalue weighted by Crippen LogP contribution is 2.41. The number of halogens is 1. The van der Waals surface area contributed by atoms with Crippen LogP contribution in [0.4, 0.5) is 0 Å². The molecular weight excluding hydrogens is 456 g/mol. The summed E-state index contributed by atoms with van der Waals surface area (Å²) in [6.07, 6.45) is 0.851. The van der Waals surface area contributed by atoms with Crippen LogP contribution >= 0.6 is 11.6 Å². The van der Waals surface area contributed by atoms with Crippen molar-refractivity contribution in [1.82, 2.24) is 9.80 Å². The number of benzene rings is 2. The van der Waals surface area contributed by atoms with Gasteiger partial charge < -0.3 is 24.4 Å². The zero-order chi connectivity index (χ0) is 24.8. The van der Waals surface area contributed by atoms with Gasteiger partial charge in [0.25, 0.3) is 11.7 Å². The second-order valence-corrected chi connectivity index (χ2v) is 8.70. The Morgan fingerprint density at radius 2 is 1.88 bits per heavy atom. The van der Waals surface area contributed by atoms with E-state index in [1.54, 1.807) is 18.2 Å². The van der Waals surface area contributed by atoms with Crippen LogP contribution in [0.2, 0.25) is 5.02 Å². The van der Waals surface area contributed by atoms with Crippen LogP contribution in [0, 0.1) is 0 Å². The Morgan fingerprint density at radius 3 is 2.56 bits per heavy atom. The van der Waals surface area contributed by atoms with Crippen LogP contribution in [-0.4, -0.2) is 67.0 Å². The van der Waals surface area contributed by atoms with Gasteiger partial charge in [-0.05, 0) is 63.3 Å². The number of rotatable bonds is 10. The largest absolute Gasteiger partial charge is 0.507 e. The third-order valence-electron chi connectivity index (χ3n) is 5.48. The van der Waals surface area contributed by atoms with Crippen molar-refractivity contribution in [2.75, 3.05) is 40.4 Å². The average Bonchev–Trinajstić information content (AvgIpc) is 3.07. The number of aliphatic hydroxyl groups is 1. The van der Waals surface area contributed by atoms with Gasteiger partial charge in [-0.3, -0.25) is 9.59 Å². The predicted octanol–water partition coefficient (Wildman–Crippen LogP) is 4.51. The maximum atomic E-state index is 13.2. The summed E-state index contributed by atoms with van der Waals surface area (Å²) in [4.78, 5) is 29.7. The van der Waals surface area contributed by atoms with Crippen molar-refractivity contribution >= 4 is 29.1 Å². The number of likely N-dealkylation sites (N-methyl/N-ethyl adjacent to an activating group) is 1. The van der Waals surface area contributed by atoms with Gasteiger partial charge in [-0.15, -0.1) is 0 Å². The van der Waals surface area contributed by atoms with E-state index in [9.17, 15) is 14.7 Å². The van der Waals surface area contributed by atoms with Gasteiger partial charge in [0.15, 0.2) is 0 Å². The van der Waals surface area contributed by atoms with Crippen LogP contribution in [0.5, 0.6) is 11.5 Å². The first-order valence-electron chi connectivity index (χ1n) is 11.4. The quantitative estimate of drug-likeness (QED) is 0.302. The molecule has 0 radical (unpaired) electrons. The minimum atomic E-state index is -0.753. The normalized spacial score (nSPS) is 17.5. The summed E-state index contributed by atoms with van der Waals surface area (Å²) < 4.78 is 11.3. The number of ketones is 1. The number of aliphatic hydroxyl groups excluding tert-OH is 1. The van der Waals surface area contributed by atoms with E-state index in [1.807, 2.05) is 57.1 Å². The molecule has 1 N–H and O–H groups in total. The SMILES string of the molecule is CCCOc1cccc(C2/C(=C(/O)c3ccc(Cl)c(OCC)c3)C(=O)C(=O)N2CCN(C)C)c1. The van der Waals surface area contributed by atoms with E-state index in [-0.39, 0.29) is 11.3 Å². The number of carbonyl (C=O) groups is 2. The van der Waals surface area contributed by atoms with Crippen LogP contribution < -0.4 is 9.47 Å². The maximum Gasteiger partial charge on any atom is 0.295 e. The highest BCUT2D eigenvalue weighted by Gasteiger charge is 2.46. The number of nitrogens with zero attached hydrogens (tertiary/aromatic N) is 2. The molecule has 2 aromatic rings. The van der Waals surface area contributed by atoms with Crippen molar-refractivity contribution in [3.63, 3.8) is 0 Å². The van der Waals surface area contributed by atoms with Crippen LogP contribution in [0.1, 0.15) is 37.4 Å². The van der Waals surface area contributed by atoms with Crippen molar-refractivity contribution in [3.8, 4) is 11.5 Å². The fourth-order valence-corrected chi connectivity index (χ4v) is 4.00. The van der Waals surface area contributed by atoms with Crippen molar-refractivity contribution in [1.29, 1.82) is 0 Å². The number of amides is 1. The molecule has 0 aliphatic carbocycles. The van der Waals surface area contributed by atoms with Crippen LogP contribution in [0.25, 0.3) is 5.76 Å². The second-order valence-electron chi connectivity index (χ2n) is 8.29. The molecule has 7 nitrogen and oxygen atoms in total. The molecular formula is C26H31ClN2O5. The van der Waals surface area contributed by atoms with Crippen molar-refractivity contribution in [2.24, 2.45) is 0 Å². The van der Waals surface area contributed by atoms with Gasteiger partial charge in [-0.25, -0.2) is 0 Å². The molecule has 2 aromatic carbocycles. The highest BCUT2D eigenvalue weighted by molar-refractivity contribution is 6.46. The molecule has 1 fully saturated rings. The number of likely N-dealkylation sites (tertiary alicyclic amines) is 1. The van der Waals surface area contributed by atoms with Gasteiger partial charge in [0, 0.05) is 18.7 Å². The zero-order valence-corrected chi connectivity index (χ0v) is 20.8. The first kappa shape index (κ1) is 25.6. The summed E-state index contributed by atoms with van der Waals surface area (Å²) in [6.45, 7) is 5.67. The lowest BCUT2D eigenvalue weighted by Crippen LogP contribution is -2.35. The minimum absolute atomic E-state index is 0.0289. The van der Waals surface area contributed by atoms with E-state index in [4.69, 9.17) is 21.1 Å². The second kappa shape index (κ2) is 11.4. The Kier molecular flexibility index (Phi) is 8.58. The summed E-state index contributed by atoms with van der Waals surface area (Å²) in [5, 5.41) is 11.7. The van der Waals surface area contributed by atoms with E-state index in [0.717, 1.165) is 6.42 Å². The number of Topliss-reactive ketones (excluding diaryl/α,β-unsaturated/α-hetero) is 1. The summed E-state index contributed by atoms with van der Waals surface area (Å²) in [5.74, 6) is -0.612. The molecule has 1 unspecified atom stereocenters. The van der Waals surface area contributed by atoms with Gasteiger partial charge in [-0.1, -0.05) is 30.7 Å². The number of hydrogen-bond acceptors (Lipinski definition) is 6.